The Morgan fingerprint density at radius 2 is 1.70 bits per heavy atom. The van der Waals surface area contributed by atoms with E-state index in [4.69, 9.17) is 23.2 Å². The number of hydrogen-bond donors (Lipinski definition) is 1. The molecular weight excluding hydrogens is 299 g/mol. The van der Waals surface area contributed by atoms with E-state index in [9.17, 15) is 9.59 Å². The third-order valence-corrected chi connectivity index (χ3v) is 3.88. The Hall–Kier alpha value is -1.26. The molecule has 2 amide bonds. The highest BCUT2D eigenvalue weighted by molar-refractivity contribution is 6.39. The van der Waals surface area contributed by atoms with Crippen molar-refractivity contribution < 1.29 is 9.59 Å². The van der Waals surface area contributed by atoms with Crippen molar-refractivity contribution in [3.63, 3.8) is 0 Å². The third kappa shape index (κ3) is 3.87. The molecular formula is C14H16Cl2N2O2. The van der Waals surface area contributed by atoms with Crippen molar-refractivity contribution in [1.29, 1.82) is 0 Å². The van der Waals surface area contributed by atoms with Gasteiger partial charge in [-0.25, -0.2) is 0 Å². The number of nitrogens with one attached hydrogen (secondary N) is 1. The number of carbonyl (C=O) groups is 2. The molecule has 0 radical (unpaired) electrons. The number of rotatable bonds is 3. The van der Waals surface area contributed by atoms with Crippen molar-refractivity contribution in [3.05, 3.63) is 28.2 Å². The lowest BCUT2D eigenvalue weighted by Gasteiger charge is -2.26. The molecule has 6 heteroatoms. The Labute approximate surface area is 128 Å². The maximum absolute atomic E-state index is 12.0. The second-order valence-electron chi connectivity index (χ2n) is 4.76. The van der Waals surface area contributed by atoms with Gasteiger partial charge in [-0.1, -0.05) is 29.3 Å². The minimum absolute atomic E-state index is 0.148. The fourth-order valence-electron chi connectivity index (χ4n) is 2.19. The summed E-state index contributed by atoms with van der Waals surface area (Å²) in [5, 5.41) is 3.31. The number of halogens is 2. The highest BCUT2D eigenvalue weighted by Crippen LogP contribution is 2.29. The van der Waals surface area contributed by atoms with Gasteiger partial charge in [-0.15, -0.1) is 0 Å². The van der Waals surface area contributed by atoms with Crippen molar-refractivity contribution in [3.8, 4) is 0 Å². The predicted molar refractivity (Wildman–Crippen MR) is 80.1 cm³/mol. The van der Waals surface area contributed by atoms with Gasteiger partial charge in [0.15, 0.2) is 0 Å². The average molecular weight is 315 g/mol. The normalized spacial score (nSPS) is 15.0. The smallest absolute Gasteiger partial charge is 0.233 e. The van der Waals surface area contributed by atoms with Crippen LogP contribution in [0.3, 0.4) is 0 Å². The second kappa shape index (κ2) is 6.95. The topological polar surface area (TPSA) is 49.4 Å². The van der Waals surface area contributed by atoms with E-state index >= 15 is 0 Å². The fourth-order valence-corrected chi connectivity index (χ4v) is 2.69. The van der Waals surface area contributed by atoms with Crippen LogP contribution in [0.2, 0.25) is 10.0 Å². The molecule has 1 fully saturated rings. The van der Waals surface area contributed by atoms with Gasteiger partial charge in [0.2, 0.25) is 11.8 Å². The van der Waals surface area contributed by atoms with Gasteiger partial charge in [0.25, 0.3) is 0 Å². The molecule has 0 aromatic heterocycles. The predicted octanol–water partition coefficient (Wildman–Crippen LogP) is 3.33. The van der Waals surface area contributed by atoms with E-state index in [1.165, 1.54) is 0 Å². The summed E-state index contributed by atoms with van der Waals surface area (Å²) in [7, 11) is 0. The Kier molecular flexibility index (Phi) is 5.26. The number of hydrogen-bond acceptors (Lipinski definition) is 2. The van der Waals surface area contributed by atoms with E-state index in [-0.39, 0.29) is 12.3 Å². The molecule has 1 aliphatic heterocycles. The molecule has 1 saturated heterocycles. The summed E-state index contributed by atoms with van der Waals surface area (Å²) in [4.78, 5) is 25.6. The molecule has 4 nitrogen and oxygen atoms in total. The van der Waals surface area contributed by atoms with Gasteiger partial charge in [-0.3, -0.25) is 9.59 Å². The number of amides is 2. The van der Waals surface area contributed by atoms with Crippen LogP contribution >= 0.6 is 23.2 Å². The Balaban J connectivity index is 1.93. The molecule has 108 valence electrons. The van der Waals surface area contributed by atoms with E-state index in [1.54, 1.807) is 23.1 Å². The summed E-state index contributed by atoms with van der Waals surface area (Å²) in [6.45, 7) is 1.47. The van der Waals surface area contributed by atoms with Crippen LogP contribution in [0.1, 0.15) is 25.7 Å². The standard InChI is InChI=1S/C14H16Cl2N2O2/c15-10-5-4-6-11(16)14(10)17-12(19)9-13(20)18-7-2-1-3-8-18/h4-6H,1-3,7-9H2,(H,17,19). The quantitative estimate of drug-likeness (QED) is 0.870. The molecule has 1 aliphatic rings. The van der Waals surface area contributed by atoms with Crippen LogP contribution in [-0.4, -0.2) is 29.8 Å². The number of likely N-dealkylation sites (tertiary alicyclic amines) is 1. The lowest BCUT2D eigenvalue weighted by atomic mass is 10.1. The molecule has 0 saturated carbocycles. The average Bonchev–Trinajstić information content (AvgIpc) is 2.44. The van der Waals surface area contributed by atoms with Crippen LogP contribution in [0.25, 0.3) is 0 Å². The molecule has 1 heterocycles. The zero-order valence-corrected chi connectivity index (χ0v) is 12.5. The number of para-hydroxylation sites is 1. The first-order valence-corrected chi connectivity index (χ1v) is 7.35. The van der Waals surface area contributed by atoms with Crippen LogP contribution in [0.5, 0.6) is 0 Å². The summed E-state index contributed by atoms with van der Waals surface area (Å²) in [5.74, 6) is -0.541. The number of carbonyl (C=O) groups excluding carboxylic acids is 2. The van der Waals surface area contributed by atoms with E-state index in [0.717, 1.165) is 32.4 Å². The highest BCUT2D eigenvalue weighted by atomic mass is 35.5. The number of benzene rings is 1. The largest absolute Gasteiger partial charge is 0.342 e. The summed E-state index contributed by atoms with van der Waals surface area (Å²) >= 11 is 11.9. The maximum atomic E-state index is 12.0. The van der Waals surface area contributed by atoms with Gasteiger partial charge in [0.05, 0.1) is 15.7 Å². The van der Waals surface area contributed by atoms with Crippen molar-refractivity contribution in [2.24, 2.45) is 0 Å². The summed E-state index contributed by atoms with van der Waals surface area (Å²) in [6, 6.07) is 4.96. The number of nitrogens with zero attached hydrogens (tertiary/aromatic N) is 1. The summed E-state index contributed by atoms with van der Waals surface area (Å²) in [5.41, 5.74) is 0.354. The molecule has 1 aromatic rings. The summed E-state index contributed by atoms with van der Waals surface area (Å²) < 4.78 is 0. The second-order valence-corrected chi connectivity index (χ2v) is 5.58. The van der Waals surface area contributed by atoms with Crippen LogP contribution in [-0.2, 0) is 9.59 Å². The number of anilines is 1. The van der Waals surface area contributed by atoms with Gasteiger partial charge in [-0.2, -0.15) is 0 Å². The molecule has 20 heavy (non-hydrogen) atoms. The zero-order valence-electron chi connectivity index (χ0n) is 11.0. The number of piperidine rings is 1. The molecule has 1 aromatic carbocycles. The Morgan fingerprint density at radius 1 is 1.10 bits per heavy atom. The van der Waals surface area contributed by atoms with Crippen molar-refractivity contribution in [2.75, 3.05) is 18.4 Å². The fraction of sp³-hybridized carbons (Fsp3) is 0.429. The van der Waals surface area contributed by atoms with Gasteiger partial charge in [-0.05, 0) is 31.4 Å². The van der Waals surface area contributed by atoms with Crippen LogP contribution in [0.4, 0.5) is 5.69 Å². The molecule has 0 unspecified atom stereocenters. The zero-order chi connectivity index (χ0) is 14.5. The Morgan fingerprint density at radius 3 is 2.30 bits per heavy atom. The van der Waals surface area contributed by atoms with Gasteiger partial charge in [0, 0.05) is 13.1 Å². The molecule has 0 bridgehead atoms. The van der Waals surface area contributed by atoms with E-state index in [0.29, 0.717) is 15.7 Å². The van der Waals surface area contributed by atoms with Gasteiger partial charge < -0.3 is 10.2 Å². The molecule has 2 rings (SSSR count). The first-order valence-electron chi connectivity index (χ1n) is 6.59. The minimum Gasteiger partial charge on any atom is -0.342 e. The van der Waals surface area contributed by atoms with E-state index < -0.39 is 5.91 Å². The van der Waals surface area contributed by atoms with Gasteiger partial charge in [0.1, 0.15) is 6.42 Å². The van der Waals surface area contributed by atoms with Crippen LogP contribution in [0.15, 0.2) is 18.2 Å². The minimum atomic E-state index is -0.393. The van der Waals surface area contributed by atoms with Crippen molar-refractivity contribution in [1.82, 2.24) is 4.90 Å². The van der Waals surface area contributed by atoms with Crippen molar-refractivity contribution >= 4 is 40.7 Å². The first-order chi connectivity index (χ1) is 9.58. The van der Waals surface area contributed by atoms with E-state index in [1.807, 2.05) is 0 Å². The highest BCUT2D eigenvalue weighted by Gasteiger charge is 2.20. The first kappa shape index (κ1) is 15.1. The maximum Gasteiger partial charge on any atom is 0.233 e. The van der Waals surface area contributed by atoms with Crippen LogP contribution < -0.4 is 5.32 Å². The lowest BCUT2D eigenvalue weighted by molar-refractivity contribution is -0.135. The monoisotopic (exact) mass is 314 g/mol. The Bertz CT molecular complexity index is 494. The summed E-state index contributed by atoms with van der Waals surface area (Å²) in [6.07, 6.45) is 2.97. The van der Waals surface area contributed by atoms with Crippen LogP contribution in [0, 0.1) is 0 Å². The van der Waals surface area contributed by atoms with Crippen molar-refractivity contribution in [2.45, 2.75) is 25.7 Å². The lowest BCUT2D eigenvalue weighted by Crippen LogP contribution is -2.37. The molecule has 1 N–H and O–H groups in total. The molecule has 0 atom stereocenters. The van der Waals surface area contributed by atoms with Gasteiger partial charge >= 0.3 is 0 Å². The third-order valence-electron chi connectivity index (χ3n) is 3.25. The molecule has 0 aliphatic carbocycles. The van der Waals surface area contributed by atoms with E-state index in [2.05, 4.69) is 5.32 Å². The molecule has 0 spiro atoms. The SMILES string of the molecule is O=C(CC(=O)N1CCCCC1)Nc1c(Cl)cccc1Cl.